The molecule has 0 heterocycles. The van der Waals surface area contributed by atoms with Crippen LogP contribution in [0.15, 0.2) is 48.0 Å². The molecule has 2 heteroatoms. The highest BCUT2D eigenvalue weighted by Crippen LogP contribution is 2.21. The SMILES string of the molecule is C=CCNc1ccc(Br)cc1CC=C. The lowest BCUT2D eigenvalue weighted by molar-refractivity contribution is 1.23. The maximum atomic E-state index is 3.74. The lowest BCUT2D eigenvalue weighted by atomic mass is 10.1. The van der Waals surface area contributed by atoms with E-state index in [1.54, 1.807) is 0 Å². The molecule has 0 aromatic heterocycles. The molecular formula is C12H14BrN. The molecule has 0 fully saturated rings. The zero-order valence-electron chi connectivity index (χ0n) is 8.09. The fourth-order valence-electron chi connectivity index (χ4n) is 1.24. The van der Waals surface area contributed by atoms with Crippen LogP contribution in [0.5, 0.6) is 0 Å². The van der Waals surface area contributed by atoms with Gasteiger partial charge >= 0.3 is 0 Å². The van der Waals surface area contributed by atoms with Crippen molar-refractivity contribution >= 4 is 21.6 Å². The lowest BCUT2D eigenvalue weighted by Gasteiger charge is -2.09. The number of nitrogens with one attached hydrogen (secondary N) is 1. The molecular weight excluding hydrogens is 238 g/mol. The van der Waals surface area contributed by atoms with Crippen molar-refractivity contribution in [3.05, 3.63) is 53.5 Å². The third-order valence-corrected chi connectivity index (χ3v) is 2.36. The van der Waals surface area contributed by atoms with Gasteiger partial charge in [0.1, 0.15) is 0 Å². The van der Waals surface area contributed by atoms with Gasteiger partial charge in [-0.2, -0.15) is 0 Å². The first-order valence-electron chi connectivity index (χ1n) is 4.52. The fourth-order valence-corrected chi connectivity index (χ4v) is 1.65. The first-order valence-corrected chi connectivity index (χ1v) is 5.31. The molecule has 0 bridgehead atoms. The van der Waals surface area contributed by atoms with Crippen LogP contribution >= 0.6 is 15.9 Å². The number of halogens is 1. The molecule has 0 aliphatic carbocycles. The summed E-state index contributed by atoms with van der Waals surface area (Å²) in [7, 11) is 0. The average Bonchev–Trinajstić information content (AvgIpc) is 2.17. The van der Waals surface area contributed by atoms with Crippen LogP contribution in [0.3, 0.4) is 0 Å². The molecule has 1 aromatic carbocycles. The van der Waals surface area contributed by atoms with Crippen LogP contribution in [0.25, 0.3) is 0 Å². The Morgan fingerprint density at radius 1 is 1.29 bits per heavy atom. The summed E-state index contributed by atoms with van der Waals surface area (Å²) in [5.41, 5.74) is 2.39. The number of hydrogen-bond donors (Lipinski definition) is 1. The van der Waals surface area contributed by atoms with Crippen molar-refractivity contribution in [2.24, 2.45) is 0 Å². The molecule has 0 aliphatic rings. The van der Waals surface area contributed by atoms with Crippen molar-refractivity contribution in [2.45, 2.75) is 6.42 Å². The van der Waals surface area contributed by atoms with Gasteiger partial charge in [-0.1, -0.05) is 28.1 Å². The van der Waals surface area contributed by atoms with Gasteiger partial charge in [-0.15, -0.1) is 13.2 Å². The van der Waals surface area contributed by atoms with Crippen molar-refractivity contribution in [1.29, 1.82) is 0 Å². The van der Waals surface area contributed by atoms with Gasteiger partial charge in [0.2, 0.25) is 0 Å². The van der Waals surface area contributed by atoms with E-state index in [4.69, 9.17) is 0 Å². The summed E-state index contributed by atoms with van der Waals surface area (Å²) in [6.07, 6.45) is 4.62. The van der Waals surface area contributed by atoms with E-state index in [0.717, 1.165) is 23.1 Å². The molecule has 0 aliphatic heterocycles. The molecule has 14 heavy (non-hydrogen) atoms. The van der Waals surface area contributed by atoms with Crippen molar-refractivity contribution < 1.29 is 0 Å². The zero-order chi connectivity index (χ0) is 10.4. The van der Waals surface area contributed by atoms with Crippen LogP contribution in [-0.4, -0.2) is 6.54 Å². The Labute approximate surface area is 93.7 Å². The highest BCUT2D eigenvalue weighted by molar-refractivity contribution is 9.10. The third kappa shape index (κ3) is 3.04. The molecule has 74 valence electrons. The molecule has 0 saturated carbocycles. The normalized spacial score (nSPS) is 9.50. The van der Waals surface area contributed by atoms with Crippen molar-refractivity contribution in [3.8, 4) is 0 Å². The first-order chi connectivity index (χ1) is 6.77. The van der Waals surface area contributed by atoms with E-state index in [9.17, 15) is 0 Å². The Hall–Kier alpha value is -1.02. The Kier molecular flexibility index (Phi) is 4.47. The largest absolute Gasteiger partial charge is 0.381 e. The van der Waals surface area contributed by atoms with Crippen molar-refractivity contribution in [2.75, 3.05) is 11.9 Å². The molecule has 0 unspecified atom stereocenters. The number of anilines is 1. The molecule has 0 radical (unpaired) electrons. The summed E-state index contributed by atoms with van der Waals surface area (Å²) in [6.45, 7) is 8.20. The molecule has 0 atom stereocenters. The molecule has 0 amide bonds. The molecule has 1 aromatic rings. The van der Waals surface area contributed by atoms with Crippen molar-refractivity contribution in [3.63, 3.8) is 0 Å². The molecule has 1 N–H and O–H groups in total. The van der Waals surface area contributed by atoms with Gasteiger partial charge in [0.15, 0.2) is 0 Å². The predicted octanol–water partition coefficient (Wildman–Crippen LogP) is 3.78. The van der Waals surface area contributed by atoms with Gasteiger partial charge in [-0.05, 0) is 30.2 Å². The maximum absolute atomic E-state index is 3.74. The smallest absolute Gasteiger partial charge is 0.0379 e. The van der Waals surface area contributed by atoms with Gasteiger partial charge in [-0.25, -0.2) is 0 Å². The van der Waals surface area contributed by atoms with Crippen LogP contribution in [0.4, 0.5) is 5.69 Å². The minimum Gasteiger partial charge on any atom is -0.381 e. The minimum absolute atomic E-state index is 0.784. The molecule has 0 saturated heterocycles. The van der Waals surface area contributed by atoms with Crippen LogP contribution in [0, 0.1) is 0 Å². The monoisotopic (exact) mass is 251 g/mol. The summed E-state index contributed by atoms with van der Waals surface area (Å²) in [6, 6.07) is 6.19. The summed E-state index contributed by atoms with van der Waals surface area (Å²) >= 11 is 3.45. The van der Waals surface area contributed by atoms with Gasteiger partial charge < -0.3 is 5.32 Å². The highest BCUT2D eigenvalue weighted by Gasteiger charge is 2.00. The summed E-state index contributed by atoms with van der Waals surface area (Å²) in [5, 5.41) is 3.29. The zero-order valence-corrected chi connectivity index (χ0v) is 9.68. The minimum atomic E-state index is 0.784. The van der Waals surface area contributed by atoms with E-state index >= 15 is 0 Å². The van der Waals surface area contributed by atoms with Crippen LogP contribution in [-0.2, 0) is 6.42 Å². The van der Waals surface area contributed by atoms with Gasteiger partial charge in [0.05, 0.1) is 0 Å². The van der Waals surface area contributed by atoms with E-state index in [2.05, 4.69) is 46.5 Å². The maximum Gasteiger partial charge on any atom is 0.0379 e. The number of hydrogen-bond acceptors (Lipinski definition) is 1. The summed E-state index contributed by atoms with van der Waals surface area (Å²) in [4.78, 5) is 0. The Balaban J connectivity index is 2.88. The topological polar surface area (TPSA) is 12.0 Å². The molecule has 0 spiro atoms. The van der Waals surface area contributed by atoms with E-state index in [1.807, 2.05) is 18.2 Å². The standard InChI is InChI=1S/C12H14BrN/c1-3-5-10-9-11(13)6-7-12(10)14-8-4-2/h3-4,6-7,9,14H,1-2,5,8H2. The second-order valence-corrected chi connectivity index (χ2v) is 3.88. The van der Waals surface area contributed by atoms with E-state index in [1.165, 1.54) is 5.56 Å². The van der Waals surface area contributed by atoms with E-state index in [-0.39, 0.29) is 0 Å². The summed E-state index contributed by atoms with van der Waals surface area (Å²) < 4.78 is 1.10. The van der Waals surface area contributed by atoms with Gasteiger partial charge in [0.25, 0.3) is 0 Å². The van der Waals surface area contributed by atoms with Crippen LogP contribution in [0.2, 0.25) is 0 Å². The highest BCUT2D eigenvalue weighted by atomic mass is 79.9. The Morgan fingerprint density at radius 3 is 2.71 bits per heavy atom. The number of allylic oxidation sites excluding steroid dienone is 1. The van der Waals surface area contributed by atoms with Gasteiger partial charge in [0, 0.05) is 16.7 Å². The predicted molar refractivity (Wildman–Crippen MR) is 66.7 cm³/mol. The van der Waals surface area contributed by atoms with Crippen LogP contribution in [0.1, 0.15) is 5.56 Å². The molecule has 1 nitrogen and oxygen atoms in total. The second-order valence-electron chi connectivity index (χ2n) is 2.96. The summed E-state index contributed by atoms with van der Waals surface area (Å²) in [5.74, 6) is 0. The van der Waals surface area contributed by atoms with Gasteiger partial charge in [-0.3, -0.25) is 0 Å². The second kappa shape index (κ2) is 5.66. The Bertz CT molecular complexity index is 331. The Morgan fingerprint density at radius 2 is 2.07 bits per heavy atom. The van der Waals surface area contributed by atoms with Crippen LogP contribution < -0.4 is 5.32 Å². The average molecular weight is 252 g/mol. The molecule has 1 rings (SSSR count). The quantitative estimate of drug-likeness (QED) is 0.786. The number of rotatable bonds is 5. The fraction of sp³-hybridized carbons (Fsp3) is 0.167. The number of benzene rings is 1. The first kappa shape index (κ1) is 11.1. The van der Waals surface area contributed by atoms with Crippen molar-refractivity contribution in [1.82, 2.24) is 0 Å². The van der Waals surface area contributed by atoms with E-state index in [0.29, 0.717) is 0 Å². The lowest BCUT2D eigenvalue weighted by Crippen LogP contribution is -2.01. The third-order valence-electron chi connectivity index (χ3n) is 1.87. The van der Waals surface area contributed by atoms with E-state index < -0.39 is 0 Å².